The van der Waals surface area contributed by atoms with Gasteiger partial charge in [0, 0.05) is 88.4 Å². The summed E-state index contributed by atoms with van der Waals surface area (Å²) in [6.07, 6.45) is 10.9. The summed E-state index contributed by atoms with van der Waals surface area (Å²) in [5.41, 5.74) is 2.15. The van der Waals surface area contributed by atoms with Crippen LogP contribution in [0.3, 0.4) is 0 Å². The van der Waals surface area contributed by atoms with Crippen LogP contribution in [-0.4, -0.2) is 96.5 Å². The predicted octanol–water partition coefficient (Wildman–Crippen LogP) is 2.69. The van der Waals surface area contributed by atoms with Crippen LogP contribution >= 0.6 is 0 Å². The minimum absolute atomic E-state index is 0.208. The lowest BCUT2D eigenvalue weighted by molar-refractivity contribution is -0.00378. The summed E-state index contributed by atoms with van der Waals surface area (Å²) in [6, 6.07) is 4.61. The zero-order valence-electron chi connectivity index (χ0n) is 20.9. The number of piperazine rings is 1. The molecule has 4 heterocycles. The van der Waals surface area contributed by atoms with E-state index >= 15 is 0 Å². The van der Waals surface area contributed by atoms with Gasteiger partial charge in [-0.15, -0.1) is 0 Å². The lowest BCUT2D eigenvalue weighted by atomic mass is 9.78. The van der Waals surface area contributed by atoms with Gasteiger partial charge in [0.25, 0.3) is 0 Å². The van der Waals surface area contributed by atoms with Crippen molar-refractivity contribution in [3.63, 3.8) is 0 Å². The number of likely N-dealkylation sites (tertiary alicyclic amines) is 1. The third kappa shape index (κ3) is 5.45. The molecule has 3 fully saturated rings. The van der Waals surface area contributed by atoms with Gasteiger partial charge in [-0.2, -0.15) is 0 Å². The molecule has 1 spiro atoms. The van der Waals surface area contributed by atoms with E-state index in [4.69, 9.17) is 9.47 Å². The molecule has 2 aliphatic heterocycles. The Bertz CT molecular complexity index is 1090. The highest BCUT2D eigenvalue weighted by molar-refractivity contribution is 5.72. The number of pyridine rings is 1. The summed E-state index contributed by atoms with van der Waals surface area (Å²) >= 11 is 0. The molecule has 2 aromatic rings. The van der Waals surface area contributed by atoms with Gasteiger partial charge in [0.15, 0.2) is 0 Å². The molecule has 1 unspecified atom stereocenters. The van der Waals surface area contributed by atoms with E-state index in [1.165, 1.54) is 12.8 Å². The number of anilines is 1. The van der Waals surface area contributed by atoms with Gasteiger partial charge in [-0.1, -0.05) is 11.8 Å². The number of aromatic nitrogens is 3. The Kier molecular flexibility index (Phi) is 7.63. The first-order chi connectivity index (χ1) is 17.7. The molecular formula is C27H34N6O3. The topological polar surface area (TPSA) is 83.9 Å². The molecule has 190 valence electrons. The van der Waals surface area contributed by atoms with E-state index in [2.05, 4.69) is 42.7 Å². The summed E-state index contributed by atoms with van der Waals surface area (Å²) < 4.78 is 10.3. The molecule has 1 atom stereocenters. The molecule has 3 aliphatic rings. The van der Waals surface area contributed by atoms with Gasteiger partial charge in [0.1, 0.15) is 19.0 Å². The van der Waals surface area contributed by atoms with Gasteiger partial charge in [0.2, 0.25) is 0 Å². The Labute approximate surface area is 212 Å². The normalized spacial score (nSPS) is 21.1. The van der Waals surface area contributed by atoms with Crippen LogP contribution in [0.1, 0.15) is 25.7 Å². The van der Waals surface area contributed by atoms with Crippen molar-refractivity contribution in [2.45, 2.75) is 31.7 Å². The summed E-state index contributed by atoms with van der Waals surface area (Å²) in [5, 5.41) is 0. The van der Waals surface area contributed by atoms with Gasteiger partial charge < -0.3 is 19.3 Å². The SMILES string of the molecule is COCC#CCCOC(=O)N1CC2(CCC(N3CCN(c4ncccc4-c4cnccn4)CC3)C2)C1. The fourth-order valence-corrected chi connectivity index (χ4v) is 5.75. The van der Waals surface area contributed by atoms with E-state index in [0.29, 0.717) is 25.7 Å². The number of hydrogen-bond donors (Lipinski definition) is 0. The van der Waals surface area contributed by atoms with E-state index in [0.717, 1.165) is 62.8 Å². The van der Waals surface area contributed by atoms with Crippen molar-refractivity contribution >= 4 is 11.9 Å². The van der Waals surface area contributed by atoms with Gasteiger partial charge in [-0.05, 0) is 31.4 Å². The van der Waals surface area contributed by atoms with Crippen LogP contribution in [0.2, 0.25) is 0 Å². The van der Waals surface area contributed by atoms with Crippen LogP contribution in [0.5, 0.6) is 0 Å². The Morgan fingerprint density at radius 1 is 1.14 bits per heavy atom. The monoisotopic (exact) mass is 490 g/mol. The predicted molar refractivity (Wildman–Crippen MR) is 136 cm³/mol. The van der Waals surface area contributed by atoms with Gasteiger partial charge in [-0.25, -0.2) is 9.78 Å². The maximum Gasteiger partial charge on any atom is 0.409 e. The highest BCUT2D eigenvalue weighted by Crippen LogP contribution is 2.47. The minimum Gasteiger partial charge on any atom is -0.448 e. The number of amides is 1. The maximum atomic E-state index is 12.3. The molecule has 1 aliphatic carbocycles. The molecule has 5 rings (SSSR count). The molecule has 9 heteroatoms. The summed E-state index contributed by atoms with van der Waals surface area (Å²) in [4.78, 5) is 32.6. The van der Waals surface area contributed by atoms with Crippen molar-refractivity contribution in [3.8, 4) is 23.1 Å². The number of nitrogens with zero attached hydrogens (tertiary/aromatic N) is 6. The van der Waals surface area contributed by atoms with E-state index in [1.807, 2.05) is 17.2 Å². The number of ether oxygens (including phenoxy) is 2. The second kappa shape index (κ2) is 11.2. The smallest absolute Gasteiger partial charge is 0.409 e. The molecule has 1 amide bonds. The second-order valence-corrected chi connectivity index (χ2v) is 9.89. The number of methoxy groups -OCH3 is 1. The van der Waals surface area contributed by atoms with Crippen molar-refractivity contribution in [1.29, 1.82) is 0 Å². The Morgan fingerprint density at radius 2 is 2.00 bits per heavy atom. The third-order valence-corrected chi connectivity index (χ3v) is 7.54. The van der Waals surface area contributed by atoms with E-state index < -0.39 is 0 Å². The fraction of sp³-hybridized carbons (Fsp3) is 0.556. The number of rotatable bonds is 6. The highest BCUT2D eigenvalue weighted by atomic mass is 16.6. The number of carbonyl (C=O) groups excluding carboxylic acids is 1. The second-order valence-electron chi connectivity index (χ2n) is 9.89. The van der Waals surface area contributed by atoms with Crippen molar-refractivity contribution in [2.24, 2.45) is 5.41 Å². The molecule has 2 saturated heterocycles. The molecule has 36 heavy (non-hydrogen) atoms. The van der Waals surface area contributed by atoms with Gasteiger partial charge in [-0.3, -0.25) is 14.9 Å². The Hall–Kier alpha value is -3.22. The average molecular weight is 491 g/mol. The van der Waals surface area contributed by atoms with Crippen molar-refractivity contribution in [3.05, 3.63) is 36.9 Å². The first-order valence-electron chi connectivity index (χ1n) is 12.7. The van der Waals surface area contributed by atoms with Crippen LogP contribution in [-0.2, 0) is 9.47 Å². The zero-order chi connectivity index (χ0) is 24.8. The standard InChI is InChI=1S/C27H34N6O3/c1-35-16-3-2-4-17-36-26(34)33-20-27(21-33)8-7-22(18-27)31-12-14-32(15-13-31)25-23(6-5-9-30-25)24-19-28-10-11-29-24/h5-6,9-11,19,22H,4,7-8,12-18,20-21H2,1H3. The largest absolute Gasteiger partial charge is 0.448 e. The Balaban J connectivity index is 1.08. The fourth-order valence-electron chi connectivity index (χ4n) is 5.75. The van der Waals surface area contributed by atoms with Gasteiger partial charge in [0.05, 0.1) is 11.9 Å². The summed E-state index contributed by atoms with van der Waals surface area (Å²) in [5.74, 6) is 6.80. The lowest BCUT2D eigenvalue weighted by Crippen LogP contribution is -2.58. The van der Waals surface area contributed by atoms with Crippen molar-refractivity contribution < 1.29 is 14.3 Å². The van der Waals surface area contributed by atoms with Crippen molar-refractivity contribution in [2.75, 3.05) is 64.5 Å². The van der Waals surface area contributed by atoms with Crippen LogP contribution in [0, 0.1) is 17.3 Å². The lowest BCUT2D eigenvalue weighted by Gasteiger charge is -2.48. The van der Waals surface area contributed by atoms with Crippen LogP contribution in [0.25, 0.3) is 11.3 Å². The first kappa shape index (κ1) is 24.5. The van der Waals surface area contributed by atoms with Gasteiger partial charge >= 0.3 is 6.09 Å². The van der Waals surface area contributed by atoms with Crippen LogP contribution in [0.4, 0.5) is 10.6 Å². The summed E-state index contributed by atoms with van der Waals surface area (Å²) in [7, 11) is 1.61. The molecule has 0 aromatic carbocycles. The number of hydrogen-bond acceptors (Lipinski definition) is 8. The maximum absolute atomic E-state index is 12.3. The molecule has 9 nitrogen and oxygen atoms in total. The quantitative estimate of drug-likeness (QED) is 0.452. The highest BCUT2D eigenvalue weighted by Gasteiger charge is 2.51. The van der Waals surface area contributed by atoms with Crippen molar-refractivity contribution in [1.82, 2.24) is 24.8 Å². The molecule has 0 N–H and O–H groups in total. The molecule has 2 aromatic heterocycles. The molecule has 0 radical (unpaired) electrons. The van der Waals surface area contributed by atoms with E-state index in [-0.39, 0.29) is 11.5 Å². The van der Waals surface area contributed by atoms with Crippen LogP contribution < -0.4 is 4.90 Å². The minimum atomic E-state index is -0.208. The first-order valence-corrected chi connectivity index (χ1v) is 12.7. The summed E-state index contributed by atoms with van der Waals surface area (Å²) in [6.45, 7) is 6.30. The molecular weight excluding hydrogens is 456 g/mol. The molecule has 1 saturated carbocycles. The third-order valence-electron chi connectivity index (χ3n) is 7.54. The van der Waals surface area contributed by atoms with E-state index in [9.17, 15) is 4.79 Å². The average Bonchev–Trinajstić information content (AvgIpc) is 3.36. The van der Waals surface area contributed by atoms with Crippen LogP contribution in [0.15, 0.2) is 36.9 Å². The zero-order valence-corrected chi connectivity index (χ0v) is 20.9. The number of carbonyl (C=O) groups is 1. The Morgan fingerprint density at radius 3 is 2.78 bits per heavy atom. The van der Waals surface area contributed by atoms with E-state index in [1.54, 1.807) is 25.7 Å². The molecule has 0 bridgehead atoms.